The molecule has 0 aliphatic heterocycles. The molecule has 0 bridgehead atoms. The van der Waals surface area contributed by atoms with Crippen molar-refractivity contribution < 1.29 is 4.79 Å². The standard InChI is InChI=1S/C12H25N3O/c1-2-10(14)12(16)15-11(8-13)9-6-4-3-5-7-9/h9-11H,2-8,13-14H2,1H3,(H,15,16)/t10-,11?/m0/s1. The molecule has 1 saturated carbocycles. The maximum absolute atomic E-state index is 11.7. The van der Waals surface area contributed by atoms with Crippen LogP contribution in [0.4, 0.5) is 0 Å². The lowest BCUT2D eigenvalue weighted by Gasteiger charge is -2.30. The van der Waals surface area contributed by atoms with Crippen LogP contribution in [-0.2, 0) is 4.79 Å². The first-order valence-electron chi connectivity index (χ1n) is 6.45. The van der Waals surface area contributed by atoms with Gasteiger partial charge in [-0.3, -0.25) is 4.79 Å². The van der Waals surface area contributed by atoms with Crippen LogP contribution in [0.1, 0.15) is 45.4 Å². The molecule has 2 atom stereocenters. The molecule has 94 valence electrons. The van der Waals surface area contributed by atoms with Crippen molar-refractivity contribution in [1.82, 2.24) is 5.32 Å². The highest BCUT2D eigenvalue weighted by Gasteiger charge is 2.25. The molecular weight excluding hydrogens is 202 g/mol. The molecule has 16 heavy (non-hydrogen) atoms. The summed E-state index contributed by atoms with van der Waals surface area (Å²) in [5, 5.41) is 3.00. The van der Waals surface area contributed by atoms with E-state index in [4.69, 9.17) is 11.5 Å². The maximum atomic E-state index is 11.7. The van der Waals surface area contributed by atoms with E-state index >= 15 is 0 Å². The van der Waals surface area contributed by atoms with Crippen molar-refractivity contribution in [2.45, 2.75) is 57.5 Å². The second kappa shape index (κ2) is 6.86. The van der Waals surface area contributed by atoms with Gasteiger partial charge in [0.1, 0.15) is 0 Å². The zero-order chi connectivity index (χ0) is 12.0. The third-order valence-electron chi connectivity index (χ3n) is 3.58. The molecule has 1 rings (SSSR count). The SMILES string of the molecule is CC[C@H](N)C(=O)NC(CN)C1CCCCC1. The Balaban J connectivity index is 2.44. The summed E-state index contributed by atoms with van der Waals surface area (Å²) >= 11 is 0. The minimum absolute atomic E-state index is 0.0523. The second-order valence-electron chi connectivity index (χ2n) is 4.76. The summed E-state index contributed by atoms with van der Waals surface area (Å²) in [6.45, 7) is 2.44. The first-order valence-corrected chi connectivity index (χ1v) is 6.45. The molecule has 0 heterocycles. The lowest BCUT2D eigenvalue weighted by atomic mass is 9.84. The van der Waals surface area contributed by atoms with E-state index in [0.29, 0.717) is 18.9 Å². The molecule has 1 aliphatic rings. The molecule has 1 unspecified atom stereocenters. The van der Waals surface area contributed by atoms with Crippen LogP contribution in [0, 0.1) is 5.92 Å². The predicted octanol–water partition coefficient (Wildman–Crippen LogP) is 0.748. The summed E-state index contributed by atoms with van der Waals surface area (Å²) in [5.74, 6) is 0.496. The van der Waals surface area contributed by atoms with Gasteiger partial charge >= 0.3 is 0 Å². The van der Waals surface area contributed by atoms with Gasteiger partial charge in [-0.05, 0) is 25.2 Å². The Morgan fingerprint density at radius 2 is 2.00 bits per heavy atom. The number of nitrogens with one attached hydrogen (secondary N) is 1. The number of hydrogen-bond donors (Lipinski definition) is 3. The summed E-state index contributed by atoms with van der Waals surface area (Å²) in [4.78, 5) is 11.7. The average Bonchev–Trinajstić information content (AvgIpc) is 2.35. The summed E-state index contributed by atoms with van der Waals surface area (Å²) < 4.78 is 0. The van der Waals surface area contributed by atoms with E-state index in [0.717, 1.165) is 0 Å². The van der Waals surface area contributed by atoms with Crippen molar-refractivity contribution in [3.8, 4) is 0 Å². The quantitative estimate of drug-likeness (QED) is 0.648. The van der Waals surface area contributed by atoms with Crippen LogP contribution in [0.2, 0.25) is 0 Å². The molecule has 0 spiro atoms. The van der Waals surface area contributed by atoms with Crippen LogP contribution in [0.5, 0.6) is 0 Å². The zero-order valence-corrected chi connectivity index (χ0v) is 10.2. The van der Waals surface area contributed by atoms with Crippen LogP contribution in [0.25, 0.3) is 0 Å². The fourth-order valence-electron chi connectivity index (χ4n) is 2.38. The van der Waals surface area contributed by atoms with Crippen LogP contribution < -0.4 is 16.8 Å². The zero-order valence-electron chi connectivity index (χ0n) is 10.2. The first-order chi connectivity index (χ1) is 7.69. The lowest BCUT2D eigenvalue weighted by Crippen LogP contribution is -2.51. The average molecular weight is 227 g/mol. The molecule has 0 radical (unpaired) electrons. The molecular formula is C12H25N3O. The third kappa shape index (κ3) is 3.76. The third-order valence-corrected chi connectivity index (χ3v) is 3.58. The van der Waals surface area contributed by atoms with Crippen molar-refractivity contribution >= 4 is 5.91 Å². The summed E-state index contributed by atoms with van der Waals surface area (Å²) in [7, 11) is 0. The molecule has 0 saturated heterocycles. The minimum Gasteiger partial charge on any atom is -0.350 e. The lowest BCUT2D eigenvalue weighted by molar-refractivity contribution is -0.123. The Labute approximate surface area is 98.1 Å². The Hall–Kier alpha value is -0.610. The number of carbonyl (C=O) groups is 1. The number of carbonyl (C=O) groups excluding carboxylic acids is 1. The fourth-order valence-corrected chi connectivity index (χ4v) is 2.38. The minimum atomic E-state index is -0.391. The molecule has 5 N–H and O–H groups in total. The molecule has 1 aliphatic carbocycles. The Morgan fingerprint density at radius 3 is 2.50 bits per heavy atom. The largest absolute Gasteiger partial charge is 0.350 e. The number of rotatable bonds is 5. The topological polar surface area (TPSA) is 81.1 Å². The van der Waals surface area contributed by atoms with E-state index < -0.39 is 6.04 Å². The first kappa shape index (κ1) is 13.5. The van der Waals surface area contributed by atoms with Gasteiger partial charge in [0.15, 0.2) is 0 Å². The van der Waals surface area contributed by atoms with Gasteiger partial charge in [-0.15, -0.1) is 0 Å². The second-order valence-corrected chi connectivity index (χ2v) is 4.76. The molecule has 0 aromatic heterocycles. The normalized spacial score (nSPS) is 21.4. The maximum Gasteiger partial charge on any atom is 0.237 e. The van der Waals surface area contributed by atoms with E-state index in [-0.39, 0.29) is 11.9 Å². The van der Waals surface area contributed by atoms with Crippen molar-refractivity contribution in [3.05, 3.63) is 0 Å². The molecule has 4 nitrogen and oxygen atoms in total. The van der Waals surface area contributed by atoms with Gasteiger partial charge in [0.05, 0.1) is 6.04 Å². The van der Waals surface area contributed by atoms with E-state index in [1.807, 2.05) is 6.92 Å². The van der Waals surface area contributed by atoms with Crippen molar-refractivity contribution in [3.63, 3.8) is 0 Å². The Kier molecular flexibility index (Phi) is 5.77. The molecule has 1 amide bonds. The van der Waals surface area contributed by atoms with Gasteiger partial charge in [-0.2, -0.15) is 0 Å². The van der Waals surface area contributed by atoms with Gasteiger partial charge < -0.3 is 16.8 Å². The van der Waals surface area contributed by atoms with E-state index in [9.17, 15) is 4.79 Å². The highest BCUT2D eigenvalue weighted by Crippen LogP contribution is 2.26. The molecule has 4 heteroatoms. The fraction of sp³-hybridized carbons (Fsp3) is 0.917. The summed E-state index contributed by atoms with van der Waals surface area (Å²) in [6, 6.07) is -0.275. The van der Waals surface area contributed by atoms with Crippen LogP contribution in [-0.4, -0.2) is 24.5 Å². The summed E-state index contributed by atoms with van der Waals surface area (Å²) in [6.07, 6.45) is 6.88. The molecule has 0 aromatic rings. The van der Waals surface area contributed by atoms with Crippen LogP contribution >= 0.6 is 0 Å². The van der Waals surface area contributed by atoms with Gasteiger partial charge in [-0.25, -0.2) is 0 Å². The van der Waals surface area contributed by atoms with Gasteiger partial charge in [0.2, 0.25) is 5.91 Å². The van der Waals surface area contributed by atoms with Gasteiger partial charge in [0, 0.05) is 12.6 Å². The smallest absolute Gasteiger partial charge is 0.237 e. The highest BCUT2D eigenvalue weighted by molar-refractivity contribution is 5.81. The number of nitrogens with two attached hydrogens (primary N) is 2. The Morgan fingerprint density at radius 1 is 1.38 bits per heavy atom. The number of hydrogen-bond acceptors (Lipinski definition) is 3. The van der Waals surface area contributed by atoms with Crippen molar-refractivity contribution in [2.24, 2.45) is 17.4 Å². The molecule has 1 fully saturated rings. The molecule has 0 aromatic carbocycles. The predicted molar refractivity (Wildman–Crippen MR) is 65.8 cm³/mol. The highest BCUT2D eigenvalue weighted by atomic mass is 16.2. The van der Waals surface area contributed by atoms with Gasteiger partial charge in [0.25, 0.3) is 0 Å². The van der Waals surface area contributed by atoms with Gasteiger partial charge in [-0.1, -0.05) is 26.2 Å². The van der Waals surface area contributed by atoms with E-state index in [1.54, 1.807) is 0 Å². The monoisotopic (exact) mass is 227 g/mol. The van der Waals surface area contributed by atoms with Crippen molar-refractivity contribution in [2.75, 3.05) is 6.54 Å². The van der Waals surface area contributed by atoms with Crippen LogP contribution in [0.15, 0.2) is 0 Å². The van der Waals surface area contributed by atoms with E-state index in [2.05, 4.69) is 5.32 Å². The summed E-state index contributed by atoms with van der Waals surface area (Å²) in [5.41, 5.74) is 11.4. The van der Waals surface area contributed by atoms with Crippen LogP contribution in [0.3, 0.4) is 0 Å². The van der Waals surface area contributed by atoms with Crippen molar-refractivity contribution in [1.29, 1.82) is 0 Å². The Bertz CT molecular complexity index is 214. The van der Waals surface area contributed by atoms with E-state index in [1.165, 1.54) is 32.1 Å². The number of amides is 1.